The Morgan fingerprint density at radius 3 is 2.21 bits per heavy atom. The molecule has 9 heteroatoms. The maximum Gasteiger partial charge on any atom is 0.416 e. The number of nitrogens with one attached hydrogen (secondary N) is 2. The highest BCUT2D eigenvalue weighted by molar-refractivity contribution is 5.50. The van der Waals surface area contributed by atoms with E-state index in [9.17, 15) is 26.3 Å². The van der Waals surface area contributed by atoms with Crippen LogP contribution in [0.1, 0.15) is 53.8 Å². The maximum atomic E-state index is 13.1. The lowest BCUT2D eigenvalue weighted by molar-refractivity contribution is -0.143. The van der Waals surface area contributed by atoms with Gasteiger partial charge < -0.3 is 10.6 Å². The van der Waals surface area contributed by atoms with Gasteiger partial charge in [-0.3, -0.25) is 0 Å². The van der Waals surface area contributed by atoms with E-state index in [0.717, 1.165) is 29.8 Å². The van der Waals surface area contributed by atoms with Crippen LogP contribution >= 0.6 is 0 Å². The molecule has 1 aromatic heterocycles. The van der Waals surface area contributed by atoms with Crippen LogP contribution in [0.2, 0.25) is 0 Å². The molecule has 0 amide bonds. The van der Waals surface area contributed by atoms with Crippen LogP contribution in [0.4, 0.5) is 32.2 Å². The number of alkyl halides is 6. The number of hydrogen-bond donors (Lipinski definition) is 2. The fourth-order valence-electron chi connectivity index (χ4n) is 3.45. The molecule has 0 aliphatic carbocycles. The van der Waals surface area contributed by atoms with Crippen molar-refractivity contribution in [3.63, 3.8) is 0 Å². The number of hydrogen-bond acceptors (Lipinski definition) is 3. The van der Waals surface area contributed by atoms with Crippen molar-refractivity contribution in [3.05, 3.63) is 58.3 Å². The Bertz CT molecular complexity index is 843. The molecule has 0 spiro atoms. The Balaban J connectivity index is 1.87. The average molecular weight is 417 g/mol. The quantitative estimate of drug-likeness (QED) is 0.613. The van der Waals surface area contributed by atoms with Crippen LogP contribution in [0.5, 0.6) is 0 Å². The molecule has 0 fully saturated rings. The summed E-state index contributed by atoms with van der Waals surface area (Å²) < 4.78 is 78.4. The Morgan fingerprint density at radius 1 is 1.03 bits per heavy atom. The van der Waals surface area contributed by atoms with Crippen molar-refractivity contribution < 1.29 is 26.3 Å². The van der Waals surface area contributed by atoms with E-state index in [1.807, 2.05) is 26.0 Å². The first-order valence-corrected chi connectivity index (χ1v) is 9.23. The molecule has 2 unspecified atom stereocenters. The fourth-order valence-corrected chi connectivity index (χ4v) is 3.45. The summed E-state index contributed by atoms with van der Waals surface area (Å²) >= 11 is 0. The minimum Gasteiger partial charge on any atom is -0.367 e. The molecule has 0 radical (unpaired) electrons. The van der Waals surface area contributed by atoms with Crippen molar-refractivity contribution in [2.75, 3.05) is 5.32 Å². The van der Waals surface area contributed by atoms with Crippen LogP contribution in [0.15, 0.2) is 30.3 Å². The van der Waals surface area contributed by atoms with Crippen LogP contribution in [-0.4, -0.2) is 11.0 Å². The predicted octanol–water partition coefficient (Wildman–Crippen LogP) is 5.85. The van der Waals surface area contributed by atoms with Gasteiger partial charge in [-0.05, 0) is 49.6 Å². The number of halogens is 6. The number of pyridine rings is 1. The zero-order valence-corrected chi connectivity index (χ0v) is 15.9. The number of anilines is 1. The highest BCUT2D eigenvalue weighted by atomic mass is 19.4. The summed E-state index contributed by atoms with van der Waals surface area (Å²) in [6, 6.07) is 5.25. The standard InChI is InChI=1S/C20H21F6N3/c1-3-15-9-17(16-5-4-11(2)28-18(16)29-15)27-10-12-6-13(19(21,22)23)8-14(7-12)20(24,25)26/h4-8,15,17,27H,3,9-10H2,1-2H3,(H,28,29). The smallest absolute Gasteiger partial charge is 0.367 e. The van der Waals surface area contributed by atoms with Gasteiger partial charge in [0.15, 0.2) is 0 Å². The molecule has 2 heterocycles. The highest BCUT2D eigenvalue weighted by Crippen LogP contribution is 2.37. The lowest BCUT2D eigenvalue weighted by Crippen LogP contribution is -2.34. The van der Waals surface area contributed by atoms with Crippen molar-refractivity contribution in [2.45, 2.75) is 57.7 Å². The van der Waals surface area contributed by atoms with E-state index >= 15 is 0 Å². The van der Waals surface area contributed by atoms with Gasteiger partial charge in [0.1, 0.15) is 5.82 Å². The van der Waals surface area contributed by atoms with Crippen molar-refractivity contribution in [1.82, 2.24) is 10.3 Å². The third-order valence-electron chi connectivity index (χ3n) is 5.00. The van der Waals surface area contributed by atoms with Crippen molar-refractivity contribution >= 4 is 5.82 Å². The van der Waals surface area contributed by atoms with E-state index in [4.69, 9.17) is 0 Å². The van der Waals surface area contributed by atoms with E-state index in [2.05, 4.69) is 15.6 Å². The molecule has 0 saturated heterocycles. The summed E-state index contributed by atoms with van der Waals surface area (Å²) in [5, 5.41) is 6.45. The summed E-state index contributed by atoms with van der Waals surface area (Å²) in [6.45, 7) is 3.72. The monoisotopic (exact) mass is 417 g/mol. The molecule has 2 aromatic rings. The second-order valence-electron chi connectivity index (χ2n) is 7.22. The molecule has 3 nitrogen and oxygen atoms in total. The lowest BCUT2D eigenvalue weighted by atomic mass is 9.93. The Labute approximate surface area is 164 Å². The van der Waals surface area contributed by atoms with Crippen LogP contribution in [0, 0.1) is 6.92 Å². The van der Waals surface area contributed by atoms with Crippen LogP contribution in [0.3, 0.4) is 0 Å². The Morgan fingerprint density at radius 2 is 1.66 bits per heavy atom. The lowest BCUT2D eigenvalue weighted by Gasteiger charge is -2.33. The van der Waals surface area contributed by atoms with Gasteiger partial charge in [0, 0.05) is 29.9 Å². The summed E-state index contributed by atoms with van der Waals surface area (Å²) in [5.74, 6) is 0.695. The van der Waals surface area contributed by atoms with E-state index in [-0.39, 0.29) is 30.3 Å². The Kier molecular flexibility index (Phi) is 5.80. The van der Waals surface area contributed by atoms with E-state index in [1.54, 1.807) is 0 Å². The zero-order chi connectivity index (χ0) is 21.4. The molecule has 158 valence electrons. The largest absolute Gasteiger partial charge is 0.416 e. The van der Waals surface area contributed by atoms with Crippen LogP contribution < -0.4 is 10.6 Å². The maximum absolute atomic E-state index is 13.1. The summed E-state index contributed by atoms with van der Waals surface area (Å²) in [6.07, 6.45) is -8.24. The number of benzene rings is 1. The first kappa shape index (κ1) is 21.4. The van der Waals surface area contributed by atoms with Crippen LogP contribution in [0.25, 0.3) is 0 Å². The molecule has 0 saturated carbocycles. The topological polar surface area (TPSA) is 37.0 Å². The first-order valence-electron chi connectivity index (χ1n) is 9.23. The first-order chi connectivity index (χ1) is 13.5. The fraction of sp³-hybridized carbons (Fsp3) is 0.450. The summed E-state index contributed by atoms with van der Waals surface area (Å²) in [5.41, 5.74) is -1.01. The van der Waals surface area contributed by atoms with Gasteiger partial charge in [-0.15, -0.1) is 0 Å². The predicted molar refractivity (Wildman–Crippen MR) is 97.3 cm³/mol. The van der Waals surface area contributed by atoms with Crippen LogP contribution in [-0.2, 0) is 18.9 Å². The van der Waals surface area contributed by atoms with Crippen molar-refractivity contribution in [2.24, 2.45) is 0 Å². The minimum absolute atomic E-state index is 0.0691. The Hall–Kier alpha value is -2.29. The molecular formula is C20H21F6N3. The minimum atomic E-state index is -4.86. The van der Waals surface area contributed by atoms with Gasteiger partial charge in [0.2, 0.25) is 0 Å². The number of nitrogens with zero attached hydrogens (tertiary/aromatic N) is 1. The molecular weight excluding hydrogens is 396 g/mol. The molecule has 1 aromatic carbocycles. The normalized spacial score (nSPS) is 19.6. The third kappa shape index (κ3) is 5.01. The highest BCUT2D eigenvalue weighted by Gasteiger charge is 2.37. The zero-order valence-electron chi connectivity index (χ0n) is 15.9. The SMILES string of the molecule is CCC1CC(NCc2cc(C(F)(F)F)cc(C(F)(F)F)c2)c2ccc(C)nc2N1. The third-order valence-corrected chi connectivity index (χ3v) is 5.00. The number of aromatic nitrogens is 1. The van der Waals surface area contributed by atoms with Gasteiger partial charge in [-0.25, -0.2) is 4.98 Å². The molecule has 1 aliphatic heterocycles. The second kappa shape index (κ2) is 7.85. The second-order valence-corrected chi connectivity index (χ2v) is 7.22. The molecule has 1 aliphatic rings. The van der Waals surface area contributed by atoms with Gasteiger partial charge in [-0.1, -0.05) is 13.0 Å². The molecule has 3 rings (SSSR count). The van der Waals surface area contributed by atoms with Gasteiger partial charge in [-0.2, -0.15) is 26.3 Å². The summed E-state index contributed by atoms with van der Waals surface area (Å²) in [4.78, 5) is 4.46. The van der Waals surface area contributed by atoms with E-state index < -0.39 is 23.5 Å². The molecule has 2 atom stereocenters. The number of aryl methyl sites for hydroxylation is 1. The average Bonchev–Trinajstić information content (AvgIpc) is 2.63. The molecule has 29 heavy (non-hydrogen) atoms. The molecule has 2 N–H and O–H groups in total. The van der Waals surface area contributed by atoms with Gasteiger partial charge >= 0.3 is 12.4 Å². The van der Waals surface area contributed by atoms with E-state index in [0.29, 0.717) is 12.2 Å². The van der Waals surface area contributed by atoms with Gasteiger partial charge in [0.05, 0.1) is 11.1 Å². The van der Waals surface area contributed by atoms with Crippen molar-refractivity contribution in [3.8, 4) is 0 Å². The molecule has 0 bridgehead atoms. The number of fused-ring (bicyclic) bond motifs is 1. The van der Waals surface area contributed by atoms with Gasteiger partial charge in [0.25, 0.3) is 0 Å². The summed E-state index contributed by atoms with van der Waals surface area (Å²) in [7, 11) is 0. The van der Waals surface area contributed by atoms with E-state index in [1.165, 1.54) is 0 Å². The van der Waals surface area contributed by atoms with Crippen molar-refractivity contribution in [1.29, 1.82) is 0 Å². The number of rotatable bonds is 4.